The third-order valence-electron chi connectivity index (χ3n) is 3.24. The lowest BCUT2D eigenvalue weighted by atomic mass is 9.99. The Labute approximate surface area is 109 Å². The van der Waals surface area contributed by atoms with Crippen molar-refractivity contribution in [1.29, 1.82) is 0 Å². The van der Waals surface area contributed by atoms with Crippen LogP contribution in [0.4, 0.5) is 0 Å². The van der Waals surface area contributed by atoms with Gasteiger partial charge in [-0.15, -0.1) is 0 Å². The smallest absolute Gasteiger partial charge is 0.161 e. The summed E-state index contributed by atoms with van der Waals surface area (Å²) in [5.41, 5.74) is 0. The Morgan fingerprint density at radius 3 is 2.44 bits per heavy atom. The van der Waals surface area contributed by atoms with Crippen molar-refractivity contribution in [2.24, 2.45) is 5.92 Å². The third-order valence-corrected chi connectivity index (χ3v) is 3.24. The monoisotopic (exact) mass is 249 g/mol. The molecule has 0 unspecified atom stereocenters. The first-order valence-electron chi connectivity index (χ1n) is 6.95. The van der Waals surface area contributed by atoms with Crippen LogP contribution in [0.25, 0.3) is 0 Å². The molecule has 100 valence electrons. The van der Waals surface area contributed by atoms with E-state index in [4.69, 9.17) is 9.47 Å². The molecular weight excluding hydrogens is 226 g/mol. The van der Waals surface area contributed by atoms with Gasteiger partial charge in [-0.3, -0.25) is 0 Å². The van der Waals surface area contributed by atoms with Crippen molar-refractivity contribution in [3.05, 3.63) is 24.3 Å². The molecule has 1 aliphatic rings. The first kappa shape index (κ1) is 13.2. The Hall–Kier alpha value is -1.22. The van der Waals surface area contributed by atoms with Gasteiger partial charge >= 0.3 is 0 Å². The van der Waals surface area contributed by atoms with Crippen molar-refractivity contribution in [3.63, 3.8) is 0 Å². The molecule has 3 nitrogen and oxygen atoms in total. The summed E-state index contributed by atoms with van der Waals surface area (Å²) in [6.45, 7) is 5.88. The van der Waals surface area contributed by atoms with Gasteiger partial charge in [-0.1, -0.05) is 19.1 Å². The highest BCUT2D eigenvalue weighted by Gasteiger charge is 2.14. The highest BCUT2D eigenvalue weighted by molar-refractivity contribution is 5.39. The van der Waals surface area contributed by atoms with Crippen LogP contribution in [0.1, 0.15) is 26.2 Å². The van der Waals surface area contributed by atoms with Crippen molar-refractivity contribution in [2.75, 3.05) is 26.3 Å². The Kier molecular flexibility index (Phi) is 5.34. The Bertz CT molecular complexity index is 348. The summed E-state index contributed by atoms with van der Waals surface area (Å²) in [4.78, 5) is 0. The van der Waals surface area contributed by atoms with Gasteiger partial charge in [0, 0.05) is 0 Å². The molecule has 0 radical (unpaired) electrons. The van der Waals surface area contributed by atoms with Gasteiger partial charge in [0.05, 0.1) is 13.2 Å². The lowest BCUT2D eigenvalue weighted by Crippen LogP contribution is -2.30. The van der Waals surface area contributed by atoms with Gasteiger partial charge in [-0.05, 0) is 50.4 Å². The molecule has 1 aliphatic heterocycles. The van der Waals surface area contributed by atoms with Crippen LogP contribution in [0.2, 0.25) is 0 Å². The van der Waals surface area contributed by atoms with Gasteiger partial charge in [0.25, 0.3) is 0 Å². The van der Waals surface area contributed by atoms with Crippen molar-refractivity contribution in [3.8, 4) is 11.5 Å². The largest absolute Gasteiger partial charge is 0.490 e. The molecule has 1 aromatic carbocycles. The first-order valence-corrected chi connectivity index (χ1v) is 6.95. The number of hydrogen-bond donors (Lipinski definition) is 1. The van der Waals surface area contributed by atoms with Gasteiger partial charge in [0.2, 0.25) is 0 Å². The molecular formula is C15H23NO2. The van der Waals surface area contributed by atoms with Crippen LogP contribution in [-0.2, 0) is 0 Å². The maximum absolute atomic E-state index is 5.92. The van der Waals surface area contributed by atoms with Crippen LogP contribution < -0.4 is 14.8 Å². The zero-order valence-electron chi connectivity index (χ0n) is 11.2. The van der Waals surface area contributed by atoms with Gasteiger partial charge in [-0.25, -0.2) is 0 Å². The van der Waals surface area contributed by atoms with E-state index in [-0.39, 0.29) is 0 Å². The van der Waals surface area contributed by atoms with Crippen LogP contribution in [0.5, 0.6) is 11.5 Å². The molecule has 1 aromatic rings. The van der Waals surface area contributed by atoms with E-state index in [0.717, 1.165) is 44.2 Å². The number of para-hydroxylation sites is 2. The predicted octanol–water partition coefficient (Wildman–Crippen LogP) is 2.85. The molecule has 0 atom stereocenters. The molecule has 0 saturated carbocycles. The zero-order chi connectivity index (χ0) is 12.6. The lowest BCUT2D eigenvalue weighted by molar-refractivity contribution is 0.203. The summed E-state index contributed by atoms with van der Waals surface area (Å²) in [7, 11) is 0. The number of ether oxygens (including phenoxy) is 2. The minimum Gasteiger partial charge on any atom is -0.490 e. The van der Waals surface area contributed by atoms with Crippen LogP contribution in [0, 0.1) is 5.92 Å². The molecule has 1 saturated heterocycles. The number of rotatable bonds is 6. The molecule has 2 rings (SSSR count). The maximum atomic E-state index is 5.92. The summed E-state index contributed by atoms with van der Waals surface area (Å²) in [6, 6.07) is 7.96. The van der Waals surface area contributed by atoms with Crippen molar-refractivity contribution < 1.29 is 9.47 Å². The van der Waals surface area contributed by atoms with E-state index >= 15 is 0 Å². The fourth-order valence-corrected chi connectivity index (χ4v) is 2.16. The molecule has 18 heavy (non-hydrogen) atoms. The summed E-state index contributed by atoms with van der Waals surface area (Å²) in [6.07, 6.45) is 3.43. The van der Waals surface area contributed by atoms with Crippen LogP contribution >= 0.6 is 0 Å². The van der Waals surface area contributed by atoms with Gasteiger partial charge in [-0.2, -0.15) is 0 Å². The van der Waals surface area contributed by atoms with Crippen molar-refractivity contribution >= 4 is 0 Å². The lowest BCUT2D eigenvalue weighted by Gasteiger charge is -2.23. The zero-order valence-corrected chi connectivity index (χ0v) is 11.2. The first-order chi connectivity index (χ1) is 8.90. The third kappa shape index (κ3) is 3.91. The van der Waals surface area contributed by atoms with Crippen molar-refractivity contribution in [1.82, 2.24) is 5.32 Å². The molecule has 0 amide bonds. The summed E-state index contributed by atoms with van der Waals surface area (Å²) >= 11 is 0. The quantitative estimate of drug-likeness (QED) is 0.841. The topological polar surface area (TPSA) is 30.5 Å². The number of hydrogen-bond acceptors (Lipinski definition) is 3. The fourth-order valence-electron chi connectivity index (χ4n) is 2.16. The number of piperidine rings is 1. The van der Waals surface area contributed by atoms with E-state index in [1.165, 1.54) is 12.8 Å². The average molecular weight is 249 g/mol. The Balaban J connectivity index is 1.87. The standard InChI is InChI=1S/C15H23NO2/c1-2-11-17-14-5-3-4-6-15(14)18-12-13-7-9-16-10-8-13/h3-6,13,16H,2,7-12H2,1H3. The minimum absolute atomic E-state index is 0.672. The van der Waals surface area contributed by atoms with Gasteiger partial charge in [0.1, 0.15) is 0 Å². The highest BCUT2D eigenvalue weighted by Crippen LogP contribution is 2.27. The second-order valence-electron chi connectivity index (χ2n) is 4.80. The van der Waals surface area contributed by atoms with Crippen LogP contribution in [0.3, 0.4) is 0 Å². The molecule has 1 heterocycles. The predicted molar refractivity (Wildman–Crippen MR) is 73.3 cm³/mol. The van der Waals surface area contributed by atoms with Crippen molar-refractivity contribution in [2.45, 2.75) is 26.2 Å². The maximum Gasteiger partial charge on any atom is 0.161 e. The van der Waals surface area contributed by atoms with Crippen LogP contribution in [-0.4, -0.2) is 26.3 Å². The molecule has 0 aromatic heterocycles. The second kappa shape index (κ2) is 7.27. The highest BCUT2D eigenvalue weighted by atomic mass is 16.5. The molecule has 3 heteroatoms. The van der Waals surface area contributed by atoms with E-state index in [9.17, 15) is 0 Å². The molecule has 1 N–H and O–H groups in total. The van der Waals surface area contributed by atoms with E-state index in [1.807, 2.05) is 24.3 Å². The second-order valence-corrected chi connectivity index (χ2v) is 4.80. The summed E-state index contributed by atoms with van der Waals surface area (Å²) < 4.78 is 11.6. The summed E-state index contributed by atoms with van der Waals surface area (Å²) in [5, 5.41) is 3.37. The number of benzene rings is 1. The van der Waals surface area contributed by atoms with Gasteiger partial charge < -0.3 is 14.8 Å². The van der Waals surface area contributed by atoms with E-state index in [2.05, 4.69) is 12.2 Å². The Morgan fingerprint density at radius 1 is 1.11 bits per heavy atom. The fraction of sp³-hybridized carbons (Fsp3) is 0.600. The molecule has 1 fully saturated rings. The minimum atomic E-state index is 0.672. The van der Waals surface area contributed by atoms with Crippen LogP contribution in [0.15, 0.2) is 24.3 Å². The van der Waals surface area contributed by atoms with E-state index < -0.39 is 0 Å². The normalized spacial score (nSPS) is 16.5. The van der Waals surface area contributed by atoms with E-state index in [1.54, 1.807) is 0 Å². The molecule has 0 bridgehead atoms. The summed E-state index contributed by atoms with van der Waals surface area (Å²) in [5.74, 6) is 2.42. The Morgan fingerprint density at radius 2 is 1.78 bits per heavy atom. The SMILES string of the molecule is CCCOc1ccccc1OCC1CCNCC1. The molecule has 0 aliphatic carbocycles. The van der Waals surface area contributed by atoms with Gasteiger partial charge in [0.15, 0.2) is 11.5 Å². The van der Waals surface area contributed by atoms with E-state index in [0.29, 0.717) is 5.92 Å². The number of nitrogens with one attached hydrogen (secondary N) is 1. The molecule has 0 spiro atoms. The average Bonchev–Trinajstić information content (AvgIpc) is 2.45.